The first kappa shape index (κ1) is 11.2. The summed E-state index contributed by atoms with van der Waals surface area (Å²) in [5.41, 5.74) is 1.09. The van der Waals surface area contributed by atoms with E-state index in [9.17, 15) is 0 Å². The molecule has 0 amide bonds. The van der Waals surface area contributed by atoms with E-state index >= 15 is 0 Å². The predicted octanol–water partition coefficient (Wildman–Crippen LogP) is 1.74. The first-order chi connectivity index (χ1) is 7.79. The van der Waals surface area contributed by atoms with Crippen LogP contribution in [0.15, 0.2) is 12.1 Å². The lowest BCUT2D eigenvalue weighted by Gasteiger charge is -2.13. The highest BCUT2D eigenvalue weighted by atomic mass is 16.5. The molecule has 1 aliphatic heterocycles. The van der Waals surface area contributed by atoms with Gasteiger partial charge in [0.15, 0.2) is 0 Å². The lowest BCUT2D eigenvalue weighted by atomic mass is 10.2. The molecule has 0 bridgehead atoms. The van der Waals surface area contributed by atoms with Gasteiger partial charge in [0.1, 0.15) is 6.61 Å². The van der Waals surface area contributed by atoms with Crippen LogP contribution in [0.5, 0.6) is 11.8 Å². The average Bonchev–Trinajstić information content (AvgIpc) is 2.53. The van der Waals surface area contributed by atoms with Crippen LogP contribution in [0, 0.1) is 0 Å². The Hall–Kier alpha value is -1.29. The second-order valence-electron chi connectivity index (χ2n) is 3.98. The molecule has 1 N–H and O–H groups in total. The fraction of sp³-hybridized carbons (Fsp3) is 0.583. The summed E-state index contributed by atoms with van der Waals surface area (Å²) in [6.45, 7) is 6.46. The maximum Gasteiger partial charge on any atom is 0.221 e. The third-order valence-corrected chi connectivity index (χ3v) is 2.64. The van der Waals surface area contributed by atoms with Crippen molar-refractivity contribution in [3.05, 3.63) is 17.7 Å². The summed E-state index contributed by atoms with van der Waals surface area (Å²) in [7, 11) is 0. The second-order valence-corrected chi connectivity index (χ2v) is 3.98. The molecule has 0 aromatic carbocycles. The fourth-order valence-electron chi connectivity index (χ4n) is 1.51. The second kappa shape index (κ2) is 5.16. The minimum atomic E-state index is 0.189. The molecule has 2 heterocycles. The molecule has 0 fully saturated rings. The van der Waals surface area contributed by atoms with Crippen molar-refractivity contribution in [2.75, 3.05) is 13.2 Å². The van der Waals surface area contributed by atoms with Gasteiger partial charge in [-0.3, -0.25) is 0 Å². The van der Waals surface area contributed by atoms with E-state index in [2.05, 4.69) is 17.2 Å². The van der Waals surface area contributed by atoms with Gasteiger partial charge in [0, 0.05) is 24.7 Å². The Morgan fingerprint density at radius 1 is 1.56 bits per heavy atom. The molecule has 4 heteroatoms. The molecular formula is C12H18N2O2. The van der Waals surface area contributed by atoms with Crippen LogP contribution in [0.1, 0.15) is 25.8 Å². The Bertz CT molecular complexity index is 355. The number of aromatic nitrogens is 1. The van der Waals surface area contributed by atoms with Crippen LogP contribution in [0.25, 0.3) is 0 Å². The molecule has 16 heavy (non-hydrogen) atoms. The van der Waals surface area contributed by atoms with Crippen molar-refractivity contribution in [2.24, 2.45) is 0 Å². The normalized spacial score (nSPS) is 16.9. The SMILES string of the molecule is CC[C@H](C)Oc1ccc2c(n1)OCCNC2. The molecular weight excluding hydrogens is 204 g/mol. The Labute approximate surface area is 96.0 Å². The zero-order valence-corrected chi connectivity index (χ0v) is 9.82. The van der Waals surface area contributed by atoms with Crippen LogP contribution in [-0.2, 0) is 6.54 Å². The molecule has 0 saturated carbocycles. The highest BCUT2D eigenvalue weighted by molar-refractivity contribution is 5.31. The van der Waals surface area contributed by atoms with E-state index in [1.54, 1.807) is 0 Å². The molecule has 1 aliphatic rings. The predicted molar refractivity (Wildman–Crippen MR) is 61.8 cm³/mol. The molecule has 2 rings (SSSR count). The zero-order chi connectivity index (χ0) is 11.4. The largest absolute Gasteiger partial charge is 0.476 e. The number of ether oxygens (including phenoxy) is 2. The minimum Gasteiger partial charge on any atom is -0.476 e. The Kier molecular flexibility index (Phi) is 3.62. The van der Waals surface area contributed by atoms with Crippen LogP contribution < -0.4 is 14.8 Å². The summed E-state index contributed by atoms with van der Waals surface area (Å²) in [6, 6.07) is 3.92. The van der Waals surface area contributed by atoms with Crippen molar-refractivity contribution in [2.45, 2.75) is 32.9 Å². The lowest BCUT2D eigenvalue weighted by Crippen LogP contribution is -2.16. The quantitative estimate of drug-likeness (QED) is 0.846. The van der Waals surface area contributed by atoms with Gasteiger partial charge in [-0.2, -0.15) is 4.98 Å². The number of fused-ring (bicyclic) bond motifs is 1. The van der Waals surface area contributed by atoms with Crippen molar-refractivity contribution >= 4 is 0 Å². The highest BCUT2D eigenvalue weighted by Gasteiger charge is 2.12. The van der Waals surface area contributed by atoms with Crippen LogP contribution in [0.3, 0.4) is 0 Å². The smallest absolute Gasteiger partial charge is 0.221 e. The summed E-state index contributed by atoms with van der Waals surface area (Å²) in [4.78, 5) is 4.38. The van der Waals surface area contributed by atoms with Gasteiger partial charge in [0.2, 0.25) is 11.8 Å². The van der Waals surface area contributed by atoms with Crippen molar-refractivity contribution in [1.82, 2.24) is 10.3 Å². The van der Waals surface area contributed by atoms with E-state index in [4.69, 9.17) is 9.47 Å². The van der Waals surface area contributed by atoms with Crippen molar-refractivity contribution in [3.8, 4) is 11.8 Å². The van der Waals surface area contributed by atoms with Gasteiger partial charge < -0.3 is 14.8 Å². The molecule has 0 radical (unpaired) electrons. The van der Waals surface area contributed by atoms with Gasteiger partial charge in [-0.1, -0.05) is 6.92 Å². The molecule has 0 unspecified atom stereocenters. The molecule has 1 atom stereocenters. The van der Waals surface area contributed by atoms with Gasteiger partial charge in [-0.05, 0) is 19.4 Å². The van der Waals surface area contributed by atoms with Crippen molar-refractivity contribution < 1.29 is 9.47 Å². The summed E-state index contributed by atoms with van der Waals surface area (Å²) in [5, 5.41) is 3.27. The van der Waals surface area contributed by atoms with Gasteiger partial charge in [0.05, 0.1) is 6.10 Å². The van der Waals surface area contributed by atoms with E-state index in [1.807, 2.05) is 19.1 Å². The van der Waals surface area contributed by atoms with Gasteiger partial charge >= 0.3 is 0 Å². The van der Waals surface area contributed by atoms with E-state index in [-0.39, 0.29) is 6.10 Å². The first-order valence-electron chi connectivity index (χ1n) is 5.79. The number of pyridine rings is 1. The van der Waals surface area contributed by atoms with E-state index in [1.165, 1.54) is 0 Å². The molecule has 88 valence electrons. The van der Waals surface area contributed by atoms with Crippen LogP contribution in [0.2, 0.25) is 0 Å². The molecule has 0 spiro atoms. The molecule has 0 aliphatic carbocycles. The molecule has 0 saturated heterocycles. The van der Waals surface area contributed by atoms with Crippen LogP contribution in [-0.4, -0.2) is 24.2 Å². The number of nitrogens with zero attached hydrogens (tertiary/aromatic N) is 1. The summed E-state index contributed by atoms with van der Waals surface area (Å²) < 4.78 is 11.2. The third-order valence-electron chi connectivity index (χ3n) is 2.64. The summed E-state index contributed by atoms with van der Waals surface area (Å²) >= 11 is 0. The average molecular weight is 222 g/mol. The molecule has 1 aromatic rings. The summed E-state index contributed by atoms with van der Waals surface area (Å²) in [5.74, 6) is 1.35. The number of rotatable bonds is 3. The first-order valence-corrected chi connectivity index (χ1v) is 5.79. The van der Waals surface area contributed by atoms with Gasteiger partial charge in [-0.25, -0.2) is 0 Å². The molecule has 1 aromatic heterocycles. The summed E-state index contributed by atoms with van der Waals surface area (Å²) in [6.07, 6.45) is 1.16. The third kappa shape index (κ3) is 2.64. The Morgan fingerprint density at radius 3 is 3.25 bits per heavy atom. The van der Waals surface area contributed by atoms with E-state index in [0.717, 1.165) is 25.1 Å². The molecule has 4 nitrogen and oxygen atoms in total. The Morgan fingerprint density at radius 2 is 2.44 bits per heavy atom. The number of nitrogens with one attached hydrogen (secondary N) is 1. The van der Waals surface area contributed by atoms with E-state index in [0.29, 0.717) is 18.4 Å². The van der Waals surface area contributed by atoms with Crippen molar-refractivity contribution in [1.29, 1.82) is 0 Å². The number of hydrogen-bond acceptors (Lipinski definition) is 4. The highest BCUT2D eigenvalue weighted by Crippen LogP contribution is 2.22. The fourth-order valence-corrected chi connectivity index (χ4v) is 1.51. The standard InChI is InChI=1S/C12H18N2O2/c1-3-9(2)16-11-5-4-10-8-13-6-7-15-12(10)14-11/h4-5,9,13H,3,6-8H2,1-2H3/t9-/m0/s1. The topological polar surface area (TPSA) is 43.4 Å². The van der Waals surface area contributed by atoms with Crippen LogP contribution in [0.4, 0.5) is 0 Å². The zero-order valence-electron chi connectivity index (χ0n) is 9.82. The maximum absolute atomic E-state index is 5.66. The minimum absolute atomic E-state index is 0.189. The lowest BCUT2D eigenvalue weighted by molar-refractivity contribution is 0.204. The van der Waals surface area contributed by atoms with E-state index < -0.39 is 0 Å². The number of hydrogen-bond donors (Lipinski definition) is 1. The van der Waals surface area contributed by atoms with Crippen LogP contribution >= 0.6 is 0 Å². The van der Waals surface area contributed by atoms with Gasteiger partial charge in [-0.15, -0.1) is 0 Å². The Balaban J connectivity index is 2.14. The maximum atomic E-state index is 5.66. The van der Waals surface area contributed by atoms with Crippen molar-refractivity contribution in [3.63, 3.8) is 0 Å². The van der Waals surface area contributed by atoms with Gasteiger partial charge in [0.25, 0.3) is 0 Å². The monoisotopic (exact) mass is 222 g/mol.